The van der Waals surface area contributed by atoms with Crippen molar-refractivity contribution >= 4 is 63.0 Å². The molecule has 3 aromatic heterocycles. The molecule has 0 atom stereocenters. The summed E-state index contributed by atoms with van der Waals surface area (Å²) in [5.74, 6) is 1.91. The predicted octanol–water partition coefficient (Wildman–Crippen LogP) is 14.6. The Morgan fingerprint density at radius 1 is 0.268 bits per heavy atom. The summed E-state index contributed by atoms with van der Waals surface area (Å²) in [4.78, 5) is 15.7. The van der Waals surface area contributed by atoms with Crippen LogP contribution in [0.2, 0.25) is 0 Å². The van der Waals surface area contributed by atoms with E-state index in [1.165, 1.54) is 51.5 Å². The smallest absolute Gasteiger partial charge is 0.164 e. The number of aromatic nitrogens is 3. The molecule has 5 heteroatoms. The zero-order valence-corrected chi connectivity index (χ0v) is 31.7. The van der Waals surface area contributed by atoms with Crippen molar-refractivity contribution in [3.63, 3.8) is 0 Å². The largest absolute Gasteiger partial charge is 0.208 e. The molecular formula is C51H31N3S2. The van der Waals surface area contributed by atoms with Crippen LogP contribution in [0.3, 0.4) is 0 Å². The molecule has 11 rings (SSSR count). The van der Waals surface area contributed by atoms with Crippen LogP contribution in [0.5, 0.6) is 0 Å². The second-order valence-corrected chi connectivity index (χ2v) is 16.0. The van der Waals surface area contributed by atoms with E-state index >= 15 is 0 Å². The summed E-state index contributed by atoms with van der Waals surface area (Å²) in [5.41, 5.74) is 9.67. The second kappa shape index (κ2) is 13.5. The molecule has 3 heterocycles. The molecule has 0 N–H and O–H groups in total. The Morgan fingerprint density at radius 3 is 1.27 bits per heavy atom. The highest BCUT2D eigenvalue weighted by Gasteiger charge is 2.19. The van der Waals surface area contributed by atoms with Gasteiger partial charge in [-0.2, -0.15) is 0 Å². The van der Waals surface area contributed by atoms with Crippen molar-refractivity contribution in [2.45, 2.75) is 0 Å². The molecule has 0 amide bonds. The van der Waals surface area contributed by atoms with E-state index in [0.29, 0.717) is 17.5 Å². The van der Waals surface area contributed by atoms with E-state index in [1.807, 2.05) is 46.9 Å². The number of benzene rings is 8. The number of rotatable bonds is 6. The average molecular weight is 750 g/mol. The highest BCUT2D eigenvalue weighted by atomic mass is 32.1. The lowest BCUT2D eigenvalue weighted by atomic mass is 9.94. The molecule has 0 fully saturated rings. The number of thiophene rings is 2. The molecule has 3 nitrogen and oxygen atoms in total. The lowest BCUT2D eigenvalue weighted by Gasteiger charge is -2.14. The lowest BCUT2D eigenvalue weighted by molar-refractivity contribution is 1.07. The minimum absolute atomic E-state index is 0.631. The maximum absolute atomic E-state index is 5.33. The van der Waals surface area contributed by atoms with Crippen molar-refractivity contribution in [3.05, 3.63) is 188 Å². The summed E-state index contributed by atoms with van der Waals surface area (Å²) in [5, 5.41) is 5.11. The summed E-state index contributed by atoms with van der Waals surface area (Å²) >= 11 is 3.70. The molecule has 11 aromatic rings. The molecule has 8 aromatic carbocycles. The van der Waals surface area contributed by atoms with Crippen LogP contribution < -0.4 is 0 Å². The Hall–Kier alpha value is -6.79. The average Bonchev–Trinajstić information content (AvgIpc) is 3.85. The van der Waals surface area contributed by atoms with Gasteiger partial charge < -0.3 is 0 Å². The van der Waals surface area contributed by atoms with Crippen LogP contribution in [0.1, 0.15) is 0 Å². The normalized spacial score (nSPS) is 11.6. The van der Waals surface area contributed by atoms with Crippen LogP contribution in [0.25, 0.3) is 108 Å². The van der Waals surface area contributed by atoms with Gasteiger partial charge in [0.1, 0.15) is 0 Å². The first kappa shape index (κ1) is 32.6. The van der Waals surface area contributed by atoms with Crippen molar-refractivity contribution in [3.8, 4) is 67.5 Å². The Labute approximate surface area is 331 Å². The molecule has 0 aliphatic heterocycles. The van der Waals surface area contributed by atoms with Gasteiger partial charge in [0.05, 0.1) is 0 Å². The molecule has 262 valence electrons. The van der Waals surface area contributed by atoms with Gasteiger partial charge in [-0.25, -0.2) is 15.0 Å². The van der Waals surface area contributed by atoms with E-state index in [9.17, 15) is 0 Å². The Balaban J connectivity index is 1.19. The summed E-state index contributed by atoms with van der Waals surface area (Å²) in [7, 11) is 0. The van der Waals surface area contributed by atoms with Crippen LogP contribution in [0, 0.1) is 0 Å². The third kappa shape index (κ3) is 5.60. The number of fused-ring (bicyclic) bond motifs is 6. The number of hydrogen-bond donors (Lipinski definition) is 0. The molecule has 0 bridgehead atoms. The molecule has 0 aliphatic rings. The SMILES string of the molecule is c1ccc(-c2nc(-c3cc(-c4cccc5c4sc4ccccc45)cc(-c4cccc5c4sc4ccccc45)c3)nc(-c3ccccc3-c3ccccc3)n2)cc1. The zero-order chi connectivity index (χ0) is 37.0. The van der Waals surface area contributed by atoms with Gasteiger partial charge in [-0.15, -0.1) is 22.7 Å². The van der Waals surface area contributed by atoms with Crippen LogP contribution in [-0.2, 0) is 0 Å². The standard InChI is InChI=1S/C51H31N3S2/c1-3-15-32(16-4-1)37-19-7-8-22-44(37)51-53-49(33-17-5-2-6-18-33)52-50(54-51)36-30-34(38-23-13-25-42-40-20-9-11-27-45(40)55-47(38)42)29-35(31-36)39-24-14-26-43-41-21-10-12-28-46(41)56-48(39)43/h1-31H. The second-order valence-electron chi connectivity index (χ2n) is 13.9. The van der Waals surface area contributed by atoms with E-state index in [0.717, 1.165) is 38.9 Å². The summed E-state index contributed by atoms with van der Waals surface area (Å²) in [6.07, 6.45) is 0. The van der Waals surface area contributed by atoms with E-state index in [-0.39, 0.29) is 0 Å². The van der Waals surface area contributed by atoms with Gasteiger partial charge in [0, 0.05) is 57.0 Å². The fraction of sp³-hybridized carbons (Fsp3) is 0. The molecule has 0 saturated carbocycles. The number of hydrogen-bond acceptors (Lipinski definition) is 5. The topological polar surface area (TPSA) is 38.7 Å². The van der Waals surface area contributed by atoms with Crippen molar-refractivity contribution in [2.75, 3.05) is 0 Å². The van der Waals surface area contributed by atoms with Gasteiger partial charge in [0.2, 0.25) is 0 Å². The first-order valence-electron chi connectivity index (χ1n) is 18.7. The highest BCUT2D eigenvalue weighted by Crippen LogP contribution is 2.45. The van der Waals surface area contributed by atoms with Crippen LogP contribution in [-0.4, -0.2) is 15.0 Å². The van der Waals surface area contributed by atoms with E-state index in [4.69, 9.17) is 15.0 Å². The van der Waals surface area contributed by atoms with Crippen LogP contribution >= 0.6 is 22.7 Å². The molecule has 0 radical (unpaired) electrons. The monoisotopic (exact) mass is 749 g/mol. The molecule has 56 heavy (non-hydrogen) atoms. The van der Waals surface area contributed by atoms with Gasteiger partial charge in [0.15, 0.2) is 17.5 Å². The fourth-order valence-corrected chi connectivity index (χ4v) is 10.4. The quantitative estimate of drug-likeness (QED) is 0.170. The van der Waals surface area contributed by atoms with Crippen molar-refractivity contribution in [2.24, 2.45) is 0 Å². The Kier molecular flexibility index (Phi) is 7.87. The van der Waals surface area contributed by atoms with Crippen LogP contribution in [0.15, 0.2) is 188 Å². The van der Waals surface area contributed by atoms with E-state index < -0.39 is 0 Å². The van der Waals surface area contributed by atoms with Crippen molar-refractivity contribution < 1.29 is 0 Å². The molecule has 0 aliphatic carbocycles. The van der Waals surface area contributed by atoms with Crippen LogP contribution in [0.4, 0.5) is 0 Å². The zero-order valence-electron chi connectivity index (χ0n) is 30.1. The molecule has 0 saturated heterocycles. The maximum Gasteiger partial charge on any atom is 0.164 e. The minimum atomic E-state index is 0.631. The summed E-state index contributed by atoms with van der Waals surface area (Å²) < 4.78 is 5.12. The van der Waals surface area contributed by atoms with Gasteiger partial charge in [0.25, 0.3) is 0 Å². The molecular weight excluding hydrogens is 719 g/mol. The minimum Gasteiger partial charge on any atom is -0.208 e. The van der Waals surface area contributed by atoms with E-state index in [1.54, 1.807) is 0 Å². The first-order valence-corrected chi connectivity index (χ1v) is 20.3. The number of nitrogens with zero attached hydrogens (tertiary/aromatic N) is 3. The summed E-state index contributed by atoms with van der Waals surface area (Å²) in [6, 6.07) is 66.8. The fourth-order valence-electron chi connectivity index (χ4n) is 7.91. The molecule has 0 unspecified atom stereocenters. The maximum atomic E-state index is 5.33. The van der Waals surface area contributed by atoms with Crippen molar-refractivity contribution in [1.82, 2.24) is 15.0 Å². The van der Waals surface area contributed by atoms with E-state index in [2.05, 4.69) is 164 Å². The van der Waals surface area contributed by atoms with Gasteiger partial charge >= 0.3 is 0 Å². The lowest BCUT2D eigenvalue weighted by Crippen LogP contribution is -2.01. The highest BCUT2D eigenvalue weighted by molar-refractivity contribution is 7.26. The third-order valence-corrected chi connectivity index (χ3v) is 13.0. The molecule has 0 spiro atoms. The van der Waals surface area contributed by atoms with Gasteiger partial charge in [-0.3, -0.25) is 0 Å². The van der Waals surface area contributed by atoms with Gasteiger partial charge in [-0.1, -0.05) is 158 Å². The Bertz CT molecular complexity index is 3120. The first-order chi connectivity index (χ1) is 27.7. The van der Waals surface area contributed by atoms with Crippen molar-refractivity contribution in [1.29, 1.82) is 0 Å². The van der Waals surface area contributed by atoms with Gasteiger partial charge in [-0.05, 0) is 63.7 Å². The predicted molar refractivity (Wildman–Crippen MR) is 238 cm³/mol. The summed E-state index contributed by atoms with van der Waals surface area (Å²) in [6.45, 7) is 0. The Morgan fingerprint density at radius 2 is 0.679 bits per heavy atom. The third-order valence-electron chi connectivity index (χ3n) is 10.5.